The molecule has 2 unspecified atom stereocenters. The van der Waals surface area contributed by atoms with Crippen LogP contribution in [-0.4, -0.2) is 21.9 Å². The van der Waals surface area contributed by atoms with Crippen molar-refractivity contribution in [3.05, 3.63) is 27.7 Å². The van der Waals surface area contributed by atoms with Gasteiger partial charge in [0.1, 0.15) is 11.3 Å². The molecule has 5 saturated carbocycles. The number of pyridine rings is 1. The van der Waals surface area contributed by atoms with E-state index >= 15 is 8.78 Å². The van der Waals surface area contributed by atoms with Gasteiger partial charge in [-0.3, -0.25) is 4.79 Å². The zero-order valence-electron chi connectivity index (χ0n) is 15.0. The lowest BCUT2D eigenvalue weighted by molar-refractivity contribution is -0.137. The van der Waals surface area contributed by atoms with Gasteiger partial charge in [-0.15, -0.1) is 0 Å². The van der Waals surface area contributed by atoms with Gasteiger partial charge in [-0.25, -0.2) is 8.78 Å². The summed E-state index contributed by atoms with van der Waals surface area (Å²) in [6, 6.07) is 0. The van der Waals surface area contributed by atoms with Crippen molar-refractivity contribution >= 4 is 5.69 Å². The van der Waals surface area contributed by atoms with Crippen molar-refractivity contribution in [2.24, 2.45) is 5.92 Å². The van der Waals surface area contributed by atoms with E-state index in [9.17, 15) is 4.79 Å². The monoisotopic (exact) mass is 360 g/mol. The molecule has 7 aliphatic rings. The van der Waals surface area contributed by atoms with E-state index in [1.165, 1.54) is 0 Å². The number of halogens is 2. The Labute approximate surface area is 152 Å². The summed E-state index contributed by atoms with van der Waals surface area (Å²) in [5.74, 6) is 0.924. The molecular formula is C21H26F2N2O. The van der Waals surface area contributed by atoms with Crippen LogP contribution >= 0.6 is 0 Å². The van der Waals surface area contributed by atoms with Crippen LogP contribution in [0.5, 0.6) is 0 Å². The summed E-state index contributed by atoms with van der Waals surface area (Å²) >= 11 is 0. The highest BCUT2D eigenvalue weighted by molar-refractivity contribution is 5.59. The van der Waals surface area contributed by atoms with E-state index in [2.05, 4.69) is 10.3 Å². The fraction of sp³-hybridized carbons (Fsp3) is 0.762. The van der Waals surface area contributed by atoms with Crippen molar-refractivity contribution in [2.45, 2.75) is 92.9 Å². The Hall–Kier alpha value is -1.39. The number of hydrogen-bond acceptors (Lipinski definition) is 2. The second kappa shape index (κ2) is 4.71. The van der Waals surface area contributed by atoms with E-state index in [0.717, 1.165) is 48.9 Å². The van der Waals surface area contributed by atoms with Crippen LogP contribution in [0.2, 0.25) is 0 Å². The summed E-state index contributed by atoms with van der Waals surface area (Å²) < 4.78 is 30.6. The minimum Gasteiger partial charge on any atom is -0.378 e. The third-order valence-corrected chi connectivity index (χ3v) is 8.05. The average Bonchev–Trinajstić information content (AvgIpc) is 2.55. The van der Waals surface area contributed by atoms with Gasteiger partial charge in [-0.05, 0) is 68.3 Å². The molecule has 0 aromatic carbocycles. The van der Waals surface area contributed by atoms with Crippen LogP contribution < -0.4 is 10.9 Å². The molecule has 0 spiro atoms. The molecule has 0 aliphatic heterocycles. The highest BCUT2D eigenvalue weighted by Gasteiger charge is 2.65. The Morgan fingerprint density at radius 1 is 0.923 bits per heavy atom. The molecule has 1 aromatic heterocycles. The molecule has 6 bridgehead atoms. The molecule has 2 atom stereocenters. The first-order chi connectivity index (χ1) is 12.4. The van der Waals surface area contributed by atoms with Gasteiger partial charge in [0.05, 0.1) is 5.69 Å². The molecule has 1 aromatic rings. The first-order valence-corrected chi connectivity index (χ1v) is 10.3. The summed E-state index contributed by atoms with van der Waals surface area (Å²) in [5.41, 5.74) is -0.117. The molecule has 1 heterocycles. The molecule has 8 rings (SSSR count). The number of alkyl halides is 2. The summed E-state index contributed by atoms with van der Waals surface area (Å²) in [7, 11) is 0. The highest BCUT2D eigenvalue weighted by Crippen LogP contribution is 2.63. The number of aromatic nitrogens is 1. The zero-order chi connectivity index (χ0) is 17.7. The smallest absolute Gasteiger partial charge is 0.251 e. The third-order valence-electron chi connectivity index (χ3n) is 8.05. The summed E-state index contributed by atoms with van der Waals surface area (Å²) in [6.45, 7) is 0. The van der Waals surface area contributed by atoms with Crippen LogP contribution in [0.4, 0.5) is 14.5 Å². The van der Waals surface area contributed by atoms with Crippen LogP contribution in [0.15, 0.2) is 11.0 Å². The third kappa shape index (κ3) is 2.06. The maximum absolute atomic E-state index is 15.3. The minimum atomic E-state index is -1.36. The van der Waals surface area contributed by atoms with E-state index in [1.807, 2.05) is 0 Å². The van der Waals surface area contributed by atoms with E-state index in [4.69, 9.17) is 0 Å². The van der Waals surface area contributed by atoms with Gasteiger partial charge in [0, 0.05) is 36.6 Å². The van der Waals surface area contributed by atoms with Crippen LogP contribution in [-0.2, 0) is 0 Å². The number of H-pyrrole nitrogens is 1. The number of fused-ring (bicyclic) bond motifs is 2. The van der Waals surface area contributed by atoms with Crippen LogP contribution in [0, 0.1) is 5.92 Å². The topological polar surface area (TPSA) is 44.9 Å². The first kappa shape index (κ1) is 15.6. The molecule has 2 N–H and O–H groups in total. The van der Waals surface area contributed by atoms with Crippen molar-refractivity contribution < 1.29 is 8.78 Å². The van der Waals surface area contributed by atoms with E-state index < -0.39 is 16.9 Å². The van der Waals surface area contributed by atoms with Crippen molar-refractivity contribution in [2.75, 3.05) is 5.32 Å². The average molecular weight is 360 g/mol. The van der Waals surface area contributed by atoms with Gasteiger partial charge in [0.2, 0.25) is 0 Å². The minimum absolute atomic E-state index is 0.0365. The predicted octanol–water partition coefficient (Wildman–Crippen LogP) is 4.69. The number of rotatable bonds is 2. The standard InChI is InChI=1S/C21H26F2N2O/c22-19-5-12-6-20(23,9-19)11-21(7-12,10-19)25-15-8-24-18(26)17-14-3-1-13(2-4-14)16(15)17/h8,12-14,25H,1-7,9-11H2,(H,24,26). The van der Waals surface area contributed by atoms with Crippen molar-refractivity contribution in [1.82, 2.24) is 4.98 Å². The molecule has 5 heteroatoms. The first-order valence-electron chi connectivity index (χ1n) is 10.3. The quantitative estimate of drug-likeness (QED) is 0.803. The van der Waals surface area contributed by atoms with Gasteiger partial charge >= 0.3 is 0 Å². The number of aromatic amines is 1. The van der Waals surface area contributed by atoms with E-state index in [0.29, 0.717) is 37.5 Å². The maximum Gasteiger partial charge on any atom is 0.251 e. The molecule has 5 fully saturated rings. The maximum atomic E-state index is 15.3. The fourth-order valence-electron chi connectivity index (χ4n) is 7.81. The molecule has 3 nitrogen and oxygen atoms in total. The van der Waals surface area contributed by atoms with Crippen molar-refractivity contribution in [3.8, 4) is 0 Å². The molecule has 0 radical (unpaired) electrons. The fourth-order valence-corrected chi connectivity index (χ4v) is 7.81. The molecular weight excluding hydrogens is 334 g/mol. The molecule has 0 saturated heterocycles. The van der Waals surface area contributed by atoms with Gasteiger partial charge in [-0.2, -0.15) is 0 Å². The molecule has 0 amide bonds. The lowest BCUT2D eigenvalue weighted by Crippen LogP contribution is -2.65. The Kier molecular flexibility index (Phi) is 2.84. The number of nitrogens with one attached hydrogen (secondary N) is 2. The second-order valence-corrected chi connectivity index (χ2v) is 10.1. The van der Waals surface area contributed by atoms with Crippen molar-refractivity contribution in [1.29, 1.82) is 0 Å². The van der Waals surface area contributed by atoms with E-state index in [-0.39, 0.29) is 17.9 Å². The van der Waals surface area contributed by atoms with E-state index in [1.54, 1.807) is 6.20 Å². The normalized spacial score (nSPS) is 47.8. The Morgan fingerprint density at radius 3 is 2.15 bits per heavy atom. The summed E-state index contributed by atoms with van der Waals surface area (Å²) in [5, 5.41) is 3.63. The second-order valence-electron chi connectivity index (χ2n) is 10.1. The Morgan fingerprint density at radius 2 is 1.54 bits per heavy atom. The SMILES string of the molecule is O=c1[nH]cc(NC23CC4CC(F)(CC(F)(C4)C2)C3)c2c1C1CCC2CC1. The number of anilines is 1. The largest absolute Gasteiger partial charge is 0.378 e. The van der Waals surface area contributed by atoms with Gasteiger partial charge in [0.25, 0.3) is 5.56 Å². The lowest BCUT2D eigenvalue weighted by Gasteiger charge is -2.61. The zero-order valence-corrected chi connectivity index (χ0v) is 15.0. The Balaban J connectivity index is 1.43. The van der Waals surface area contributed by atoms with Gasteiger partial charge < -0.3 is 10.3 Å². The van der Waals surface area contributed by atoms with Crippen molar-refractivity contribution in [3.63, 3.8) is 0 Å². The van der Waals surface area contributed by atoms with Crippen LogP contribution in [0.25, 0.3) is 0 Å². The highest BCUT2D eigenvalue weighted by atomic mass is 19.2. The molecule has 26 heavy (non-hydrogen) atoms. The molecule has 140 valence electrons. The summed E-state index contributed by atoms with van der Waals surface area (Å²) in [6.07, 6.45) is 9.02. The molecule has 7 aliphatic carbocycles. The van der Waals surface area contributed by atoms with Crippen LogP contribution in [0.3, 0.4) is 0 Å². The van der Waals surface area contributed by atoms with Gasteiger partial charge in [-0.1, -0.05) is 0 Å². The Bertz CT molecular complexity index is 823. The van der Waals surface area contributed by atoms with Gasteiger partial charge in [0.15, 0.2) is 0 Å². The summed E-state index contributed by atoms with van der Waals surface area (Å²) in [4.78, 5) is 15.4. The number of hydrogen-bond donors (Lipinski definition) is 2. The predicted molar refractivity (Wildman–Crippen MR) is 96.2 cm³/mol. The van der Waals surface area contributed by atoms with Crippen LogP contribution in [0.1, 0.15) is 87.2 Å². The lowest BCUT2D eigenvalue weighted by atomic mass is 9.50.